The molecule has 1 aromatic heterocycles. The van der Waals surface area contributed by atoms with Crippen molar-refractivity contribution in [2.24, 2.45) is 0 Å². The smallest absolute Gasteiger partial charge is 0.270 e. The number of nitro groups is 1. The normalized spacial score (nSPS) is 10.6. The fourth-order valence-corrected chi connectivity index (χ4v) is 2.36. The number of aromatic nitrogens is 1. The lowest BCUT2D eigenvalue weighted by atomic mass is 10.1. The number of nitrogens with zero attached hydrogens (tertiary/aromatic N) is 2. The van der Waals surface area contributed by atoms with Gasteiger partial charge in [0.05, 0.1) is 10.6 Å². The molecule has 0 saturated heterocycles. The zero-order valence-electron chi connectivity index (χ0n) is 12.7. The molecule has 0 amide bonds. The second kappa shape index (κ2) is 7.00. The Hall–Kier alpha value is -2.47. The van der Waals surface area contributed by atoms with Crippen LogP contribution in [0, 0.1) is 10.1 Å². The summed E-state index contributed by atoms with van der Waals surface area (Å²) in [4.78, 5) is 23.0. The largest absolute Gasteiger partial charge is 0.313 e. The van der Waals surface area contributed by atoms with Crippen LogP contribution in [0.2, 0.25) is 0 Å². The number of nitro benzene ring substituents is 1. The second-order valence-electron chi connectivity index (χ2n) is 4.88. The molecular formula is C16H19N3O3. The fraction of sp³-hybridized carbons (Fsp3) is 0.312. The molecule has 1 heterocycles. The monoisotopic (exact) mass is 301 g/mol. The third-order valence-corrected chi connectivity index (χ3v) is 3.49. The van der Waals surface area contributed by atoms with Crippen LogP contribution in [0.1, 0.15) is 19.4 Å². The van der Waals surface area contributed by atoms with Crippen molar-refractivity contribution in [3.63, 3.8) is 0 Å². The first-order valence-corrected chi connectivity index (χ1v) is 7.26. The van der Waals surface area contributed by atoms with Gasteiger partial charge in [0.2, 0.25) is 0 Å². The van der Waals surface area contributed by atoms with Crippen LogP contribution < -0.4 is 10.9 Å². The van der Waals surface area contributed by atoms with Gasteiger partial charge in [-0.3, -0.25) is 14.9 Å². The lowest BCUT2D eigenvalue weighted by Crippen LogP contribution is -2.27. The van der Waals surface area contributed by atoms with Crippen LogP contribution in [0.3, 0.4) is 0 Å². The summed E-state index contributed by atoms with van der Waals surface area (Å²) in [5, 5.41) is 14.0. The van der Waals surface area contributed by atoms with E-state index in [9.17, 15) is 14.9 Å². The SMILES string of the molecule is CCNCc1ccc(-c2cccc([N+](=O)[O-])c2)n(CC)c1=O. The van der Waals surface area contributed by atoms with E-state index in [-0.39, 0.29) is 11.2 Å². The van der Waals surface area contributed by atoms with Crippen molar-refractivity contribution >= 4 is 5.69 Å². The lowest BCUT2D eigenvalue weighted by molar-refractivity contribution is -0.384. The third kappa shape index (κ3) is 3.23. The molecule has 0 radical (unpaired) electrons. The van der Waals surface area contributed by atoms with Gasteiger partial charge >= 0.3 is 0 Å². The van der Waals surface area contributed by atoms with Crippen LogP contribution in [-0.2, 0) is 13.1 Å². The maximum absolute atomic E-state index is 12.5. The first-order valence-electron chi connectivity index (χ1n) is 7.26. The zero-order chi connectivity index (χ0) is 16.1. The Morgan fingerprint density at radius 2 is 2.00 bits per heavy atom. The Labute approximate surface area is 128 Å². The van der Waals surface area contributed by atoms with Crippen molar-refractivity contribution in [3.05, 3.63) is 62.4 Å². The number of nitrogens with one attached hydrogen (secondary N) is 1. The van der Waals surface area contributed by atoms with Crippen LogP contribution in [0.5, 0.6) is 0 Å². The molecule has 0 fully saturated rings. The standard InChI is InChI=1S/C16H19N3O3/c1-3-17-11-13-8-9-15(18(4-2)16(13)20)12-6-5-7-14(10-12)19(21)22/h5-10,17H,3-4,11H2,1-2H3. The molecule has 0 unspecified atom stereocenters. The Kier molecular flexibility index (Phi) is 5.06. The summed E-state index contributed by atoms with van der Waals surface area (Å²) in [5.41, 5.74) is 2.01. The van der Waals surface area contributed by atoms with Gasteiger partial charge in [-0.25, -0.2) is 0 Å². The maximum Gasteiger partial charge on any atom is 0.270 e. The van der Waals surface area contributed by atoms with Crippen LogP contribution in [0.25, 0.3) is 11.3 Å². The van der Waals surface area contributed by atoms with E-state index in [0.29, 0.717) is 29.9 Å². The summed E-state index contributed by atoms with van der Waals surface area (Å²) in [6.45, 7) is 5.69. The van der Waals surface area contributed by atoms with E-state index in [0.717, 1.165) is 6.54 Å². The van der Waals surface area contributed by atoms with E-state index in [1.165, 1.54) is 12.1 Å². The summed E-state index contributed by atoms with van der Waals surface area (Å²) in [5.74, 6) is 0. The number of non-ortho nitro benzene ring substituents is 1. The summed E-state index contributed by atoms with van der Waals surface area (Å²) >= 11 is 0. The molecule has 0 atom stereocenters. The van der Waals surface area contributed by atoms with Gasteiger partial charge in [-0.15, -0.1) is 0 Å². The van der Waals surface area contributed by atoms with Crippen molar-refractivity contribution < 1.29 is 4.92 Å². The average Bonchev–Trinajstić information content (AvgIpc) is 2.53. The van der Waals surface area contributed by atoms with E-state index in [4.69, 9.17) is 0 Å². The summed E-state index contributed by atoms with van der Waals surface area (Å²) in [7, 11) is 0. The number of pyridine rings is 1. The fourth-order valence-electron chi connectivity index (χ4n) is 2.36. The van der Waals surface area contributed by atoms with Crippen molar-refractivity contribution in [3.8, 4) is 11.3 Å². The van der Waals surface area contributed by atoms with Gasteiger partial charge in [0, 0.05) is 36.3 Å². The van der Waals surface area contributed by atoms with E-state index in [1.807, 2.05) is 19.9 Å². The first-order chi connectivity index (χ1) is 10.6. The van der Waals surface area contributed by atoms with Gasteiger partial charge in [0.25, 0.3) is 11.2 Å². The minimum absolute atomic E-state index is 0.0179. The van der Waals surface area contributed by atoms with Gasteiger partial charge in [-0.1, -0.05) is 25.1 Å². The van der Waals surface area contributed by atoms with Gasteiger partial charge in [-0.2, -0.15) is 0 Å². The van der Waals surface area contributed by atoms with Gasteiger partial charge in [-0.05, 0) is 19.5 Å². The molecular weight excluding hydrogens is 282 g/mol. The Morgan fingerprint density at radius 3 is 2.64 bits per heavy atom. The predicted octanol–water partition coefficient (Wildman–Crippen LogP) is 2.55. The zero-order valence-corrected chi connectivity index (χ0v) is 12.7. The molecule has 1 aromatic carbocycles. The maximum atomic E-state index is 12.5. The molecule has 1 N–H and O–H groups in total. The summed E-state index contributed by atoms with van der Waals surface area (Å²) in [6, 6.07) is 9.96. The highest BCUT2D eigenvalue weighted by Crippen LogP contribution is 2.23. The molecule has 0 aliphatic carbocycles. The van der Waals surface area contributed by atoms with Gasteiger partial charge in [0.15, 0.2) is 0 Å². The number of hydrogen-bond donors (Lipinski definition) is 1. The minimum atomic E-state index is -0.433. The molecule has 2 rings (SSSR count). The van der Waals surface area contributed by atoms with Crippen LogP contribution in [-0.4, -0.2) is 16.0 Å². The van der Waals surface area contributed by atoms with E-state index in [1.54, 1.807) is 22.8 Å². The highest BCUT2D eigenvalue weighted by atomic mass is 16.6. The van der Waals surface area contributed by atoms with Crippen LogP contribution in [0.15, 0.2) is 41.2 Å². The molecule has 0 saturated carbocycles. The highest BCUT2D eigenvalue weighted by molar-refractivity contribution is 5.63. The molecule has 0 aliphatic heterocycles. The van der Waals surface area contributed by atoms with Crippen LogP contribution >= 0.6 is 0 Å². The molecule has 0 bridgehead atoms. The van der Waals surface area contributed by atoms with Gasteiger partial charge < -0.3 is 9.88 Å². The number of benzene rings is 1. The summed E-state index contributed by atoms with van der Waals surface area (Å²) in [6.07, 6.45) is 0. The first kappa shape index (κ1) is 15.9. The topological polar surface area (TPSA) is 77.2 Å². The Bertz CT molecular complexity index is 738. The van der Waals surface area contributed by atoms with Crippen molar-refractivity contribution in [1.29, 1.82) is 0 Å². The lowest BCUT2D eigenvalue weighted by Gasteiger charge is -2.13. The van der Waals surface area contributed by atoms with Crippen molar-refractivity contribution in [2.45, 2.75) is 26.9 Å². The molecule has 0 aliphatic rings. The van der Waals surface area contributed by atoms with E-state index < -0.39 is 4.92 Å². The Balaban J connectivity index is 2.52. The second-order valence-corrected chi connectivity index (χ2v) is 4.88. The number of hydrogen-bond acceptors (Lipinski definition) is 4. The predicted molar refractivity (Wildman–Crippen MR) is 85.8 cm³/mol. The molecule has 22 heavy (non-hydrogen) atoms. The quantitative estimate of drug-likeness (QED) is 0.657. The number of rotatable bonds is 6. The molecule has 116 valence electrons. The van der Waals surface area contributed by atoms with Crippen molar-refractivity contribution in [1.82, 2.24) is 9.88 Å². The van der Waals surface area contributed by atoms with E-state index in [2.05, 4.69) is 5.32 Å². The molecule has 6 nitrogen and oxygen atoms in total. The summed E-state index contributed by atoms with van der Waals surface area (Å²) < 4.78 is 1.64. The average molecular weight is 301 g/mol. The van der Waals surface area contributed by atoms with Crippen LogP contribution in [0.4, 0.5) is 5.69 Å². The van der Waals surface area contributed by atoms with Gasteiger partial charge in [0.1, 0.15) is 0 Å². The van der Waals surface area contributed by atoms with E-state index >= 15 is 0 Å². The Morgan fingerprint density at radius 1 is 1.23 bits per heavy atom. The van der Waals surface area contributed by atoms with Crippen molar-refractivity contribution in [2.75, 3.05) is 6.54 Å². The molecule has 6 heteroatoms. The highest BCUT2D eigenvalue weighted by Gasteiger charge is 2.12. The molecule has 0 spiro atoms. The third-order valence-electron chi connectivity index (χ3n) is 3.49. The molecule has 2 aromatic rings. The minimum Gasteiger partial charge on any atom is -0.313 e.